The fraction of sp³-hybridized carbons (Fsp3) is 0.588. The van der Waals surface area contributed by atoms with Crippen LogP contribution in [0.3, 0.4) is 0 Å². The quantitative estimate of drug-likeness (QED) is 0.745. The van der Waals surface area contributed by atoms with Crippen LogP contribution in [0.5, 0.6) is 5.75 Å². The van der Waals surface area contributed by atoms with Gasteiger partial charge in [-0.2, -0.15) is 0 Å². The van der Waals surface area contributed by atoms with Crippen LogP contribution in [0.2, 0.25) is 0 Å². The normalized spacial score (nSPS) is 24.1. The van der Waals surface area contributed by atoms with Crippen LogP contribution in [0, 0.1) is 5.92 Å². The van der Waals surface area contributed by atoms with Gasteiger partial charge >= 0.3 is 0 Å². The van der Waals surface area contributed by atoms with Crippen molar-refractivity contribution in [3.63, 3.8) is 0 Å². The van der Waals surface area contributed by atoms with E-state index in [-0.39, 0.29) is 17.7 Å². The molecule has 4 heteroatoms. The predicted octanol–water partition coefficient (Wildman–Crippen LogP) is 2.35. The van der Waals surface area contributed by atoms with Crippen molar-refractivity contribution in [3.05, 3.63) is 29.8 Å². The van der Waals surface area contributed by atoms with Crippen LogP contribution < -0.4 is 11.1 Å². The number of phenols is 1. The van der Waals surface area contributed by atoms with Crippen molar-refractivity contribution in [1.82, 2.24) is 5.32 Å². The molecule has 1 aliphatic carbocycles. The molecule has 0 bridgehead atoms. The number of carbonyl (C=O) groups excluding carboxylic acids is 1. The molecule has 1 aromatic carbocycles. The lowest BCUT2D eigenvalue weighted by atomic mass is 10.0. The van der Waals surface area contributed by atoms with E-state index in [0.29, 0.717) is 6.42 Å². The largest absolute Gasteiger partial charge is 0.508 e. The molecule has 0 saturated heterocycles. The number of phenolic OH excluding ortho intramolecular Hbond substituents is 1. The second-order valence-electron chi connectivity index (χ2n) is 6.30. The molecule has 2 rings (SSSR count). The zero-order valence-electron chi connectivity index (χ0n) is 12.7. The van der Waals surface area contributed by atoms with E-state index in [9.17, 15) is 9.90 Å². The maximum Gasteiger partial charge on any atom is 0.237 e. The molecule has 0 aromatic heterocycles. The molecular formula is C17H26N2O2. The summed E-state index contributed by atoms with van der Waals surface area (Å²) in [5, 5.41) is 12.4. The maximum atomic E-state index is 12.2. The van der Waals surface area contributed by atoms with Gasteiger partial charge in [0.25, 0.3) is 0 Å². The summed E-state index contributed by atoms with van der Waals surface area (Å²) < 4.78 is 0. The van der Waals surface area contributed by atoms with Crippen molar-refractivity contribution in [2.75, 3.05) is 0 Å². The topological polar surface area (TPSA) is 75.4 Å². The fourth-order valence-corrected chi connectivity index (χ4v) is 2.92. The van der Waals surface area contributed by atoms with Gasteiger partial charge in [0.2, 0.25) is 5.91 Å². The first kappa shape index (κ1) is 15.8. The van der Waals surface area contributed by atoms with E-state index in [1.54, 1.807) is 24.3 Å². The zero-order chi connectivity index (χ0) is 15.2. The van der Waals surface area contributed by atoms with Crippen molar-refractivity contribution < 1.29 is 9.90 Å². The van der Waals surface area contributed by atoms with Gasteiger partial charge in [-0.3, -0.25) is 4.79 Å². The number of carbonyl (C=O) groups is 1. The summed E-state index contributed by atoms with van der Waals surface area (Å²) in [6, 6.07) is 6.58. The molecule has 1 saturated carbocycles. The Labute approximate surface area is 126 Å². The van der Waals surface area contributed by atoms with Crippen LogP contribution in [0.25, 0.3) is 0 Å². The highest BCUT2D eigenvalue weighted by Crippen LogP contribution is 2.22. The summed E-state index contributed by atoms with van der Waals surface area (Å²) >= 11 is 0. The minimum Gasteiger partial charge on any atom is -0.508 e. The highest BCUT2D eigenvalue weighted by molar-refractivity contribution is 5.82. The van der Waals surface area contributed by atoms with E-state index in [2.05, 4.69) is 12.2 Å². The Balaban J connectivity index is 1.83. The Morgan fingerprint density at radius 3 is 2.71 bits per heavy atom. The van der Waals surface area contributed by atoms with E-state index >= 15 is 0 Å². The highest BCUT2D eigenvalue weighted by Gasteiger charge is 2.21. The van der Waals surface area contributed by atoms with Gasteiger partial charge in [0, 0.05) is 6.04 Å². The SMILES string of the molecule is CC1CCCC(NC(=O)C(N)Cc2ccc(O)cc2)CC1. The highest BCUT2D eigenvalue weighted by atomic mass is 16.3. The molecule has 3 atom stereocenters. The summed E-state index contributed by atoms with van der Waals surface area (Å²) in [6.45, 7) is 2.28. The van der Waals surface area contributed by atoms with E-state index in [0.717, 1.165) is 24.3 Å². The minimum absolute atomic E-state index is 0.0670. The van der Waals surface area contributed by atoms with Gasteiger partial charge in [0.05, 0.1) is 6.04 Å². The molecular weight excluding hydrogens is 264 g/mol. The first-order chi connectivity index (χ1) is 10.0. The zero-order valence-corrected chi connectivity index (χ0v) is 12.7. The average molecular weight is 290 g/mol. The van der Waals surface area contributed by atoms with Crippen molar-refractivity contribution in [3.8, 4) is 5.75 Å². The summed E-state index contributed by atoms with van der Waals surface area (Å²) in [4.78, 5) is 12.2. The van der Waals surface area contributed by atoms with Gasteiger partial charge in [0.1, 0.15) is 5.75 Å². The van der Waals surface area contributed by atoms with Gasteiger partial charge in [-0.05, 0) is 49.3 Å². The number of nitrogens with two attached hydrogens (primary N) is 1. The smallest absolute Gasteiger partial charge is 0.237 e. The molecule has 1 aromatic rings. The molecule has 0 spiro atoms. The van der Waals surface area contributed by atoms with Crippen LogP contribution in [-0.4, -0.2) is 23.1 Å². The Kier molecular flexibility index (Phi) is 5.62. The maximum absolute atomic E-state index is 12.2. The van der Waals surface area contributed by atoms with Gasteiger partial charge < -0.3 is 16.2 Å². The van der Waals surface area contributed by atoms with Crippen molar-refractivity contribution >= 4 is 5.91 Å². The van der Waals surface area contributed by atoms with Crippen LogP contribution in [-0.2, 0) is 11.2 Å². The molecule has 4 nitrogen and oxygen atoms in total. The van der Waals surface area contributed by atoms with Crippen LogP contribution >= 0.6 is 0 Å². The second-order valence-corrected chi connectivity index (χ2v) is 6.30. The molecule has 1 amide bonds. The summed E-state index contributed by atoms with van der Waals surface area (Å²) in [5.74, 6) is 0.921. The fourth-order valence-electron chi connectivity index (χ4n) is 2.92. The van der Waals surface area contributed by atoms with Crippen LogP contribution in [0.15, 0.2) is 24.3 Å². The predicted molar refractivity (Wildman–Crippen MR) is 84.0 cm³/mol. The Bertz CT molecular complexity index is 458. The lowest BCUT2D eigenvalue weighted by molar-refractivity contribution is -0.123. The van der Waals surface area contributed by atoms with Gasteiger partial charge in [-0.1, -0.05) is 31.9 Å². The molecule has 0 heterocycles. The van der Waals surface area contributed by atoms with Crippen molar-refractivity contribution in [1.29, 1.82) is 0 Å². The summed E-state index contributed by atoms with van der Waals surface area (Å²) in [6.07, 6.45) is 6.22. The molecule has 116 valence electrons. The summed E-state index contributed by atoms with van der Waals surface area (Å²) in [7, 11) is 0. The van der Waals surface area contributed by atoms with Gasteiger partial charge in [-0.25, -0.2) is 0 Å². The van der Waals surface area contributed by atoms with Gasteiger partial charge in [-0.15, -0.1) is 0 Å². The lowest BCUT2D eigenvalue weighted by Gasteiger charge is -2.19. The van der Waals surface area contributed by atoms with E-state index in [1.807, 2.05) is 0 Å². The number of hydrogen-bond donors (Lipinski definition) is 3. The monoisotopic (exact) mass is 290 g/mol. The molecule has 3 unspecified atom stereocenters. The van der Waals surface area contributed by atoms with Crippen molar-refractivity contribution in [2.24, 2.45) is 11.7 Å². The standard InChI is InChI=1S/C17H26N2O2/c1-12-3-2-4-14(8-5-12)19-17(21)16(18)11-13-6-9-15(20)10-7-13/h6-7,9-10,12,14,16,20H,2-5,8,11,18H2,1H3,(H,19,21). The molecule has 0 aliphatic heterocycles. The van der Waals surface area contributed by atoms with Crippen LogP contribution in [0.4, 0.5) is 0 Å². The first-order valence-corrected chi connectivity index (χ1v) is 7.88. The Hall–Kier alpha value is -1.55. The van der Waals surface area contributed by atoms with E-state index < -0.39 is 6.04 Å². The molecule has 1 fully saturated rings. The average Bonchev–Trinajstić information content (AvgIpc) is 2.66. The molecule has 21 heavy (non-hydrogen) atoms. The number of benzene rings is 1. The molecule has 0 radical (unpaired) electrons. The number of nitrogens with one attached hydrogen (secondary N) is 1. The molecule has 4 N–H and O–H groups in total. The third-order valence-corrected chi connectivity index (χ3v) is 4.33. The van der Waals surface area contributed by atoms with Crippen LogP contribution in [0.1, 0.15) is 44.6 Å². The summed E-state index contributed by atoms with van der Waals surface area (Å²) in [5.41, 5.74) is 6.96. The van der Waals surface area contributed by atoms with E-state index in [4.69, 9.17) is 5.73 Å². The number of amides is 1. The minimum atomic E-state index is -0.532. The Morgan fingerprint density at radius 2 is 2.00 bits per heavy atom. The third kappa shape index (κ3) is 5.05. The number of rotatable bonds is 4. The third-order valence-electron chi connectivity index (χ3n) is 4.33. The first-order valence-electron chi connectivity index (χ1n) is 7.88. The van der Waals surface area contributed by atoms with Gasteiger partial charge in [0.15, 0.2) is 0 Å². The molecule has 1 aliphatic rings. The Morgan fingerprint density at radius 1 is 1.29 bits per heavy atom. The van der Waals surface area contributed by atoms with Crippen molar-refractivity contribution in [2.45, 2.75) is 57.5 Å². The lowest BCUT2D eigenvalue weighted by Crippen LogP contribution is -2.46. The number of hydrogen-bond acceptors (Lipinski definition) is 3. The second kappa shape index (κ2) is 7.46. The number of aromatic hydroxyl groups is 1. The van der Waals surface area contributed by atoms with E-state index in [1.165, 1.54) is 19.3 Å².